The SMILES string of the molecule is CN=C(NCCCOCC1CCOC1)NCC1(C)COC1.I. The van der Waals surface area contributed by atoms with E-state index >= 15 is 0 Å². The Balaban J connectivity index is 0.00000242. The Morgan fingerprint density at radius 3 is 2.73 bits per heavy atom. The second kappa shape index (κ2) is 10.6. The molecule has 0 bridgehead atoms. The number of aliphatic imine (C=N–C) groups is 1. The molecule has 6 nitrogen and oxygen atoms in total. The van der Waals surface area contributed by atoms with Crippen molar-refractivity contribution in [3.63, 3.8) is 0 Å². The van der Waals surface area contributed by atoms with Crippen LogP contribution in [0.2, 0.25) is 0 Å². The fraction of sp³-hybridized carbons (Fsp3) is 0.933. The van der Waals surface area contributed by atoms with Crippen LogP contribution in [0, 0.1) is 11.3 Å². The predicted octanol–water partition coefficient (Wildman–Crippen LogP) is 1.25. The molecule has 0 aromatic heterocycles. The lowest BCUT2D eigenvalue weighted by Gasteiger charge is -2.38. The molecule has 0 saturated carbocycles. The number of hydrogen-bond donors (Lipinski definition) is 2. The van der Waals surface area contributed by atoms with Gasteiger partial charge >= 0.3 is 0 Å². The van der Waals surface area contributed by atoms with Crippen LogP contribution in [0.3, 0.4) is 0 Å². The first kappa shape index (κ1) is 19.9. The zero-order chi connectivity index (χ0) is 15.0. The smallest absolute Gasteiger partial charge is 0.191 e. The van der Waals surface area contributed by atoms with Crippen molar-refractivity contribution in [3.05, 3.63) is 0 Å². The van der Waals surface area contributed by atoms with Crippen LogP contribution in [0.1, 0.15) is 19.8 Å². The summed E-state index contributed by atoms with van der Waals surface area (Å²) in [6.07, 6.45) is 2.12. The molecular weight excluding hydrogens is 397 g/mol. The van der Waals surface area contributed by atoms with E-state index in [0.29, 0.717) is 5.92 Å². The molecule has 0 aromatic rings. The number of guanidine groups is 1. The minimum atomic E-state index is 0. The van der Waals surface area contributed by atoms with Gasteiger partial charge in [0.05, 0.1) is 26.4 Å². The second-order valence-electron chi connectivity index (χ2n) is 6.31. The molecule has 0 radical (unpaired) electrons. The van der Waals surface area contributed by atoms with Gasteiger partial charge in [-0.25, -0.2) is 0 Å². The van der Waals surface area contributed by atoms with Crippen LogP contribution < -0.4 is 10.6 Å². The first-order valence-corrected chi connectivity index (χ1v) is 7.90. The van der Waals surface area contributed by atoms with E-state index in [1.165, 1.54) is 0 Å². The molecule has 2 aliphatic rings. The molecule has 7 heteroatoms. The Hall–Kier alpha value is -0.120. The van der Waals surface area contributed by atoms with E-state index in [-0.39, 0.29) is 29.4 Å². The summed E-state index contributed by atoms with van der Waals surface area (Å²) >= 11 is 0. The molecular formula is C15H30IN3O3. The zero-order valence-corrected chi connectivity index (χ0v) is 16.1. The fourth-order valence-electron chi connectivity index (χ4n) is 2.42. The first-order valence-electron chi connectivity index (χ1n) is 7.90. The third kappa shape index (κ3) is 6.97. The lowest BCUT2D eigenvalue weighted by atomic mass is 9.89. The van der Waals surface area contributed by atoms with Crippen molar-refractivity contribution in [2.24, 2.45) is 16.3 Å². The Morgan fingerprint density at radius 2 is 2.14 bits per heavy atom. The van der Waals surface area contributed by atoms with Gasteiger partial charge in [-0.3, -0.25) is 4.99 Å². The lowest BCUT2D eigenvalue weighted by Crippen LogP contribution is -2.51. The third-order valence-electron chi connectivity index (χ3n) is 3.94. The van der Waals surface area contributed by atoms with Crippen molar-refractivity contribution >= 4 is 29.9 Å². The highest BCUT2D eigenvalue weighted by molar-refractivity contribution is 14.0. The van der Waals surface area contributed by atoms with Gasteiger partial charge in [0.2, 0.25) is 0 Å². The van der Waals surface area contributed by atoms with E-state index in [1.807, 2.05) is 0 Å². The number of rotatable bonds is 8. The molecule has 0 aliphatic carbocycles. The van der Waals surface area contributed by atoms with Gasteiger partial charge < -0.3 is 24.8 Å². The zero-order valence-electron chi connectivity index (χ0n) is 13.7. The van der Waals surface area contributed by atoms with Gasteiger partial charge in [0.25, 0.3) is 0 Å². The van der Waals surface area contributed by atoms with Gasteiger partial charge in [-0.05, 0) is 12.8 Å². The normalized spacial score (nSPS) is 23.5. The minimum Gasteiger partial charge on any atom is -0.381 e. The van der Waals surface area contributed by atoms with Crippen LogP contribution in [0.5, 0.6) is 0 Å². The Morgan fingerprint density at radius 1 is 1.32 bits per heavy atom. The molecule has 130 valence electrons. The van der Waals surface area contributed by atoms with Gasteiger partial charge in [-0.15, -0.1) is 24.0 Å². The number of ether oxygens (including phenoxy) is 3. The minimum absolute atomic E-state index is 0. The molecule has 1 unspecified atom stereocenters. The average Bonchev–Trinajstić information content (AvgIpc) is 2.97. The Bertz CT molecular complexity index is 332. The van der Waals surface area contributed by atoms with E-state index in [1.54, 1.807) is 7.05 Å². The first-order chi connectivity index (χ1) is 10.2. The monoisotopic (exact) mass is 427 g/mol. The highest BCUT2D eigenvalue weighted by Gasteiger charge is 2.33. The van der Waals surface area contributed by atoms with Gasteiger partial charge in [0.1, 0.15) is 0 Å². The van der Waals surface area contributed by atoms with Crippen molar-refractivity contribution < 1.29 is 14.2 Å². The highest BCUT2D eigenvalue weighted by atomic mass is 127. The van der Waals surface area contributed by atoms with E-state index in [0.717, 1.165) is 71.5 Å². The molecule has 2 fully saturated rings. The maximum Gasteiger partial charge on any atom is 0.191 e. The molecule has 0 spiro atoms. The summed E-state index contributed by atoms with van der Waals surface area (Å²) in [5.41, 5.74) is 0.254. The summed E-state index contributed by atoms with van der Waals surface area (Å²) in [5.74, 6) is 1.45. The van der Waals surface area contributed by atoms with Crippen LogP contribution in [-0.2, 0) is 14.2 Å². The van der Waals surface area contributed by atoms with Crippen LogP contribution in [0.15, 0.2) is 4.99 Å². The summed E-state index contributed by atoms with van der Waals surface area (Å²) in [4.78, 5) is 4.23. The second-order valence-corrected chi connectivity index (χ2v) is 6.31. The summed E-state index contributed by atoms with van der Waals surface area (Å²) in [6, 6.07) is 0. The topological polar surface area (TPSA) is 64.1 Å². The van der Waals surface area contributed by atoms with Crippen molar-refractivity contribution in [2.45, 2.75) is 19.8 Å². The number of nitrogens with one attached hydrogen (secondary N) is 2. The molecule has 2 saturated heterocycles. The van der Waals surface area contributed by atoms with E-state index in [2.05, 4.69) is 22.5 Å². The van der Waals surface area contributed by atoms with E-state index in [9.17, 15) is 0 Å². The van der Waals surface area contributed by atoms with E-state index < -0.39 is 0 Å². The summed E-state index contributed by atoms with van der Waals surface area (Å²) in [5, 5.41) is 6.66. The molecule has 2 rings (SSSR count). The summed E-state index contributed by atoms with van der Waals surface area (Å²) < 4.78 is 16.2. The largest absolute Gasteiger partial charge is 0.381 e. The van der Waals surface area contributed by atoms with Crippen LogP contribution in [0.4, 0.5) is 0 Å². The van der Waals surface area contributed by atoms with Crippen LogP contribution >= 0.6 is 24.0 Å². The van der Waals surface area contributed by atoms with Gasteiger partial charge in [0, 0.05) is 44.7 Å². The number of nitrogens with zero attached hydrogens (tertiary/aromatic N) is 1. The standard InChI is InChI=1S/C15H29N3O3.HI/c1-15(11-21-12-15)10-18-14(16-2)17-5-3-6-19-8-13-4-7-20-9-13;/h13H,3-12H2,1-2H3,(H2,16,17,18);1H. The average molecular weight is 427 g/mol. The van der Waals surface area contributed by atoms with E-state index in [4.69, 9.17) is 14.2 Å². The van der Waals surface area contributed by atoms with Crippen molar-refractivity contribution in [2.75, 3.05) is 59.8 Å². The van der Waals surface area contributed by atoms with Crippen molar-refractivity contribution in [1.82, 2.24) is 10.6 Å². The van der Waals surface area contributed by atoms with Crippen molar-refractivity contribution in [1.29, 1.82) is 0 Å². The molecule has 0 amide bonds. The van der Waals surface area contributed by atoms with Gasteiger partial charge in [0.15, 0.2) is 5.96 Å². The molecule has 1 atom stereocenters. The summed E-state index contributed by atoms with van der Waals surface area (Å²) in [6.45, 7) is 9.00. The van der Waals surface area contributed by atoms with Crippen LogP contribution in [-0.4, -0.2) is 65.7 Å². The third-order valence-corrected chi connectivity index (χ3v) is 3.94. The number of halogens is 1. The molecule has 22 heavy (non-hydrogen) atoms. The molecule has 2 aliphatic heterocycles. The van der Waals surface area contributed by atoms with Crippen LogP contribution in [0.25, 0.3) is 0 Å². The predicted molar refractivity (Wildman–Crippen MR) is 98.1 cm³/mol. The molecule has 0 aromatic carbocycles. The number of hydrogen-bond acceptors (Lipinski definition) is 4. The Labute approximate surface area is 150 Å². The molecule has 2 heterocycles. The quantitative estimate of drug-likeness (QED) is 0.264. The van der Waals surface area contributed by atoms with Crippen molar-refractivity contribution in [3.8, 4) is 0 Å². The maximum atomic E-state index is 5.68. The Kier molecular flexibility index (Phi) is 9.62. The molecule has 2 N–H and O–H groups in total. The van der Waals surface area contributed by atoms with Gasteiger partial charge in [-0.2, -0.15) is 0 Å². The maximum absolute atomic E-state index is 5.68. The highest BCUT2D eigenvalue weighted by Crippen LogP contribution is 2.24. The lowest BCUT2D eigenvalue weighted by molar-refractivity contribution is -0.0971. The fourth-order valence-corrected chi connectivity index (χ4v) is 2.42. The van der Waals surface area contributed by atoms with Gasteiger partial charge in [-0.1, -0.05) is 6.92 Å². The summed E-state index contributed by atoms with van der Waals surface area (Å²) in [7, 11) is 1.80.